The normalized spacial score (nSPS) is 23.3. The van der Waals surface area contributed by atoms with Gasteiger partial charge in [0.2, 0.25) is 0 Å². The van der Waals surface area contributed by atoms with E-state index in [1.807, 2.05) is 0 Å². The molecule has 1 atom stereocenters. The number of hydrazone groups is 1. The maximum absolute atomic E-state index is 11.5. The smallest absolute Gasteiger partial charge is 0.307 e. The molecule has 1 fully saturated rings. The van der Waals surface area contributed by atoms with Crippen LogP contribution < -0.4 is 5.43 Å². The zero-order chi connectivity index (χ0) is 11.4. The third-order valence-corrected chi connectivity index (χ3v) is 2.81. The van der Waals surface area contributed by atoms with Crippen molar-refractivity contribution >= 4 is 11.6 Å². The van der Waals surface area contributed by atoms with Gasteiger partial charge >= 0.3 is 5.91 Å². The van der Waals surface area contributed by atoms with Gasteiger partial charge in [-0.25, -0.2) is 5.43 Å². The van der Waals surface area contributed by atoms with Gasteiger partial charge in [0.25, 0.3) is 0 Å². The lowest BCUT2D eigenvalue weighted by Gasteiger charge is -2.18. The highest BCUT2D eigenvalue weighted by molar-refractivity contribution is 5.93. The molecule has 86 valence electrons. The molecule has 1 amide bonds. The van der Waals surface area contributed by atoms with E-state index in [4.69, 9.17) is 4.42 Å². The molecule has 1 N–H and O–H groups in total. The summed E-state index contributed by atoms with van der Waals surface area (Å²) in [4.78, 5) is 11.5. The van der Waals surface area contributed by atoms with Crippen molar-refractivity contribution in [2.24, 2.45) is 11.0 Å². The molecule has 1 aromatic rings. The fourth-order valence-corrected chi connectivity index (χ4v) is 1.96. The first-order valence-electron chi connectivity index (χ1n) is 5.65. The summed E-state index contributed by atoms with van der Waals surface area (Å²) < 4.78 is 4.97. The summed E-state index contributed by atoms with van der Waals surface area (Å²) in [6, 6.07) is 3.31. The number of nitrogens with zero attached hydrogens (tertiary/aromatic N) is 1. The highest BCUT2D eigenvalue weighted by atomic mass is 16.3. The van der Waals surface area contributed by atoms with E-state index in [1.165, 1.54) is 12.7 Å². The van der Waals surface area contributed by atoms with Crippen LogP contribution in [0.5, 0.6) is 0 Å². The summed E-state index contributed by atoms with van der Waals surface area (Å²) >= 11 is 0. The van der Waals surface area contributed by atoms with Crippen LogP contribution >= 0.6 is 0 Å². The van der Waals surface area contributed by atoms with E-state index >= 15 is 0 Å². The minimum Gasteiger partial charge on any atom is -0.459 e. The molecule has 0 saturated heterocycles. The second kappa shape index (κ2) is 4.96. The van der Waals surface area contributed by atoms with Crippen molar-refractivity contribution in [3.05, 3.63) is 24.2 Å². The van der Waals surface area contributed by atoms with Gasteiger partial charge in [0.15, 0.2) is 5.76 Å². The predicted molar refractivity (Wildman–Crippen MR) is 61.2 cm³/mol. The monoisotopic (exact) mass is 220 g/mol. The number of amides is 1. The lowest BCUT2D eigenvalue weighted by Crippen LogP contribution is -2.21. The molecule has 1 saturated carbocycles. The lowest BCUT2D eigenvalue weighted by atomic mass is 9.89. The summed E-state index contributed by atoms with van der Waals surface area (Å²) in [5.41, 5.74) is 3.61. The van der Waals surface area contributed by atoms with Crippen LogP contribution in [0.1, 0.15) is 43.2 Å². The average molecular weight is 220 g/mol. The molecule has 1 aliphatic rings. The van der Waals surface area contributed by atoms with E-state index in [1.54, 1.807) is 12.1 Å². The van der Waals surface area contributed by atoms with Crippen LogP contribution in [0.3, 0.4) is 0 Å². The highest BCUT2D eigenvalue weighted by Gasteiger charge is 2.14. The zero-order valence-electron chi connectivity index (χ0n) is 9.40. The third kappa shape index (κ3) is 2.72. The standard InChI is InChI=1S/C12H16N2O2/c1-9-4-2-5-10(8-9)13-14-12(15)11-6-3-7-16-11/h3,6-7,9H,2,4-5,8H2,1H3,(H,14,15)/b13-10-/t9-/m0/s1. The van der Waals surface area contributed by atoms with Crippen LogP contribution in [-0.2, 0) is 0 Å². The Morgan fingerprint density at radius 1 is 1.62 bits per heavy atom. The molecular formula is C12H16N2O2. The maximum atomic E-state index is 11.5. The van der Waals surface area contributed by atoms with Gasteiger partial charge in [-0.15, -0.1) is 0 Å². The number of carbonyl (C=O) groups is 1. The quantitative estimate of drug-likeness (QED) is 0.779. The molecule has 1 aromatic heterocycles. The van der Waals surface area contributed by atoms with Crippen molar-refractivity contribution in [1.82, 2.24) is 5.43 Å². The van der Waals surface area contributed by atoms with E-state index in [2.05, 4.69) is 17.5 Å². The largest absolute Gasteiger partial charge is 0.459 e. The Hall–Kier alpha value is -1.58. The SMILES string of the molecule is C[C@H]1CCC/C(=N/NC(=O)c2ccco2)C1. The van der Waals surface area contributed by atoms with Crippen LogP contribution in [-0.4, -0.2) is 11.6 Å². The summed E-state index contributed by atoms with van der Waals surface area (Å²) in [6.07, 6.45) is 5.87. The van der Waals surface area contributed by atoms with Crippen LogP contribution in [0.25, 0.3) is 0 Å². The molecule has 4 heteroatoms. The Bertz CT molecular complexity index is 382. The number of furan rings is 1. The van der Waals surface area contributed by atoms with E-state index in [9.17, 15) is 4.79 Å². The average Bonchev–Trinajstić information content (AvgIpc) is 2.79. The van der Waals surface area contributed by atoms with Gasteiger partial charge in [-0.3, -0.25) is 4.79 Å². The molecule has 16 heavy (non-hydrogen) atoms. The van der Waals surface area contributed by atoms with Gasteiger partial charge in [0.1, 0.15) is 0 Å². The van der Waals surface area contributed by atoms with E-state index in [0.29, 0.717) is 11.7 Å². The predicted octanol–water partition coefficient (Wildman–Crippen LogP) is 2.58. The van der Waals surface area contributed by atoms with E-state index in [0.717, 1.165) is 25.0 Å². The van der Waals surface area contributed by atoms with Crippen LogP contribution in [0.15, 0.2) is 27.9 Å². The van der Waals surface area contributed by atoms with Crippen molar-refractivity contribution in [3.63, 3.8) is 0 Å². The van der Waals surface area contributed by atoms with Gasteiger partial charge in [0.05, 0.1) is 6.26 Å². The minimum atomic E-state index is -0.282. The van der Waals surface area contributed by atoms with Crippen LogP contribution in [0, 0.1) is 5.92 Å². The summed E-state index contributed by atoms with van der Waals surface area (Å²) in [6.45, 7) is 2.21. The fourth-order valence-electron chi connectivity index (χ4n) is 1.96. The molecule has 2 rings (SSSR count). The van der Waals surface area contributed by atoms with E-state index < -0.39 is 0 Å². The van der Waals surface area contributed by atoms with Crippen molar-refractivity contribution in [2.45, 2.75) is 32.6 Å². The second-order valence-electron chi connectivity index (χ2n) is 4.30. The van der Waals surface area contributed by atoms with Gasteiger partial charge in [-0.05, 0) is 43.7 Å². The first kappa shape index (κ1) is 10.9. The summed E-state index contributed by atoms with van der Waals surface area (Å²) in [5, 5.41) is 4.15. The Labute approximate surface area is 94.7 Å². The van der Waals surface area contributed by atoms with Gasteiger partial charge in [-0.2, -0.15) is 5.10 Å². The Morgan fingerprint density at radius 3 is 3.19 bits per heavy atom. The molecule has 0 bridgehead atoms. The molecule has 0 aromatic carbocycles. The number of hydrogen-bond acceptors (Lipinski definition) is 3. The Morgan fingerprint density at radius 2 is 2.50 bits per heavy atom. The maximum Gasteiger partial charge on any atom is 0.307 e. The van der Waals surface area contributed by atoms with Crippen LogP contribution in [0.2, 0.25) is 0 Å². The molecule has 0 aliphatic heterocycles. The fraction of sp³-hybridized carbons (Fsp3) is 0.500. The molecule has 4 nitrogen and oxygen atoms in total. The minimum absolute atomic E-state index is 0.282. The van der Waals surface area contributed by atoms with Crippen LogP contribution in [0.4, 0.5) is 0 Å². The summed E-state index contributed by atoms with van der Waals surface area (Å²) in [5.74, 6) is 0.692. The molecule has 0 radical (unpaired) electrons. The van der Waals surface area contributed by atoms with Gasteiger partial charge in [0, 0.05) is 5.71 Å². The topological polar surface area (TPSA) is 54.6 Å². The highest BCUT2D eigenvalue weighted by Crippen LogP contribution is 2.20. The van der Waals surface area contributed by atoms with Gasteiger partial charge < -0.3 is 4.42 Å². The van der Waals surface area contributed by atoms with Gasteiger partial charge in [-0.1, -0.05) is 6.92 Å². The van der Waals surface area contributed by atoms with Crippen molar-refractivity contribution < 1.29 is 9.21 Å². The molecule has 0 spiro atoms. The zero-order valence-corrected chi connectivity index (χ0v) is 9.40. The molecule has 0 unspecified atom stereocenters. The Kier molecular flexibility index (Phi) is 3.39. The first-order valence-corrected chi connectivity index (χ1v) is 5.65. The molecule has 1 aliphatic carbocycles. The molecular weight excluding hydrogens is 204 g/mol. The number of nitrogens with one attached hydrogen (secondary N) is 1. The second-order valence-corrected chi connectivity index (χ2v) is 4.30. The third-order valence-electron chi connectivity index (χ3n) is 2.81. The first-order chi connectivity index (χ1) is 7.75. The molecule has 1 heterocycles. The Balaban J connectivity index is 1.91. The number of rotatable bonds is 2. The van der Waals surface area contributed by atoms with E-state index in [-0.39, 0.29) is 5.91 Å². The number of carbonyl (C=O) groups excluding carboxylic acids is 1. The van der Waals surface area contributed by atoms with Crippen molar-refractivity contribution in [2.75, 3.05) is 0 Å². The summed E-state index contributed by atoms with van der Waals surface area (Å²) in [7, 11) is 0. The lowest BCUT2D eigenvalue weighted by molar-refractivity contribution is 0.0927. The van der Waals surface area contributed by atoms with Crippen molar-refractivity contribution in [3.8, 4) is 0 Å². The number of hydrogen-bond donors (Lipinski definition) is 1. The van der Waals surface area contributed by atoms with Crippen molar-refractivity contribution in [1.29, 1.82) is 0 Å².